The number of hydrogen-bond donors (Lipinski definition) is 1. The van der Waals surface area contributed by atoms with E-state index in [4.69, 9.17) is 0 Å². The van der Waals surface area contributed by atoms with Crippen LogP contribution < -0.4 is 5.43 Å². The highest BCUT2D eigenvalue weighted by molar-refractivity contribution is 9.10. The van der Waals surface area contributed by atoms with Crippen LogP contribution in [0.3, 0.4) is 0 Å². The van der Waals surface area contributed by atoms with Gasteiger partial charge in [-0.05, 0) is 46.5 Å². The molecule has 1 aromatic carbocycles. The van der Waals surface area contributed by atoms with Gasteiger partial charge in [-0.2, -0.15) is 0 Å². The SMILES string of the molecule is CC(=O)c1cc(C(C)C)cc(Br)c(=O)c1O. The van der Waals surface area contributed by atoms with Gasteiger partial charge in [0.1, 0.15) is 0 Å². The third-order valence-corrected chi connectivity index (χ3v) is 2.93. The smallest absolute Gasteiger partial charge is 0.234 e. The van der Waals surface area contributed by atoms with E-state index in [1.165, 1.54) is 6.92 Å². The quantitative estimate of drug-likeness (QED) is 0.850. The topological polar surface area (TPSA) is 54.4 Å². The molecule has 86 valence electrons. The number of rotatable bonds is 2. The summed E-state index contributed by atoms with van der Waals surface area (Å²) in [5, 5.41) is 9.65. The van der Waals surface area contributed by atoms with Gasteiger partial charge in [0, 0.05) is 0 Å². The summed E-state index contributed by atoms with van der Waals surface area (Å²) in [6.07, 6.45) is 0. The molecule has 4 heteroatoms. The predicted molar refractivity (Wildman–Crippen MR) is 66.2 cm³/mol. The second kappa shape index (κ2) is 4.78. The van der Waals surface area contributed by atoms with Crippen molar-refractivity contribution >= 4 is 21.7 Å². The Hall–Kier alpha value is -1.16. The van der Waals surface area contributed by atoms with Crippen LogP contribution in [0.25, 0.3) is 0 Å². The van der Waals surface area contributed by atoms with Crippen molar-refractivity contribution in [3.05, 3.63) is 38.0 Å². The van der Waals surface area contributed by atoms with Gasteiger partial charge in [0.2, 0.25) is 5.43 Å². The Labute approximate surface area is 102 Å². The zero-order valence-electron chi connectivity index (χ0n) is 9.37. The van der Waals surface area contributed by atoms with E-state index in [2.05, 4.69) is 15.9 Å². The van der Waals surface area contributed by atoms with Crippen molar-refractivity contribution in [2.24, 2.45) is 0 Å². The molecule has 0 saturated carbocycles. The van der Waals surface area contributed by atoms with Crippen LogP contribution in [-0.2, 0) is 0 Å². The number of carbonyl (C=O) groups excluding carboxylic acids is 1. The van der Waals surface area contributed by atoms with Gasteiger partial charge in [0.05, 0.1) is 10.0 Å². The van der Waals surface area contributed by atoms with Gasteiger partial charge < -0.3 is 5.11 Å². The molecule has 1 N–H and O–H groups in total. The lowest BCUT2D eigenvalue weighted by Crippen LogP contribution is -2.02. The fourth-order valence-electron chi connectivity index (χ4n) is 1.33. The summed E-state index contributed by atoms with van der Waals surface area (Å²) in [5.74, 6) is -0.647. The first-order valence-electron chi connectivity index (χ1n) is 4.92. The molecule has 1 rings (SSSR count). The minimum Gasteiger partial charge on any atom is -0.504 e. The summed E-state index contributed by atoms with van der Waals surface area (Å²) in [6.45, 7) is 5.23. The largest absolute Gasteiger partial charge is 0.504 e. The van der Waals surface area contributed by atoms with E-state index in [0.717, 1.165) is 5.56 Å². The summed E-state index contributed by atoms with van der Waals surface area (Å²) < 4.78 is 0.265. The molecule has 0 radical (unpaired) electrons. The molecule has 16 heavy (non-hydrogen) atoms. The molecule has 0 bridgehead atoms. The van der Waals surface area contributed by atoms with Crippen molar-refractivity contribution in [1.29, 1.82) is 0 Å². The van der Waals surface area contributed by atoms with Crippen LogP contribution in [0.5, 0.6) is 5.75 Å². The summed E-state index contributed by atoms with van der Waals surface area (Å²) in [7, 11) is 0. The zero-order chi connectivity index (χ0) is 12.5. The Bertz CT molecular complexity index is 492. The lowest BCUT2D eigenvalue weighted by Gasteiger charge is -2.02. The Morgan fingerprint density at radius 3 is 2.38 bits per heavy atom. The molecule has 1 aromatic rings. The van der Waals surface area contributed by atoms with E-state index in [-0.39, 0.29) is 21.7 Å². The second-order valence-electron chi connectivity index (χ2n) is 3.94. The van der Waals surface area contributed by atoms with E-state index in [1.807, 2.05) is 13.8 Å². The highest BCUT2D eigenvalue weighted by Crippen LogP contribution is 2.22. The Balaban J connectivity index is 3.72. The molecule has 3 nitrogen and oxygen atoms in total. The molecule has 0 aliphatic heterocycles. The Morgan fingerprint density at radius 1 is 1.38 bits per heavy atom. The molecule has 0 aliphatic rings. The number of ketones is 1. The first-order chi connectivity index (χ1) is 7.34. The van der Waals surface area contributed by atoms with Crippen molar-refractivity contribution in [1.82, 2.24) is 0 Å². The van der Waals surface area contributed by atoms with Gasteiger partial charge in [0.25, 0.3) is 0 Å². The van der Waals surface area contributed by atoms with Gasteiger partial charge in [-0.3, -0.25) is 9.59 Å². The van der Waals surface area contributed by atoms with Crippen LogP contribution in [-0.4, -0.2) is 10.9 Å². The van der Waals surface area contributed by atoms with Gasteiger partial charge in [0.15, 0.2) is 11.5 Å². The molecule has 0 heterocycles. The van der Waals surface area contributed by atoms with Crippen molar-refractivity contribution in [2.75, 3.05) is 0 Å². The van der Waals surface area contributed by atoms with Crippen LogP contribution in [0.4, 0.5) is 0 Å². The lowest BCUT2D eigenvalue weighted by atomic mass is 10.0. The monoisotopic (exact) mass is 284 g/mol. The lowest BCUT2D eigenvalue weighted by molar-refractivity contribution is 0.101. The highest BCUT2D eigenvalue weighted by atomic mass is 79.9. The fourth-order valence-corrected chi connectivity index (χ4v) is 1.78. The number of hydrogen-bond acceptors (Lipinski definition) is 3. The average molecular weight is 285 g/mol. The van der Waals surface area contributed by atoms with Crippen molar-refractivity contribution in [3.8, 4) is 5.75 Å². The van der Waals surface area contributed by atoms with Crippen LogP contribution in [0.1, 0.15) is 42.6 Å². The fraction of sp³-hybridized carbons (Fsp3) is 0.333. The highest BCUT2D eigenvalue weighted by Gasteiger charge is 2.13. The molecule has 0 aliphatic carbocycles. The third-order valence-electron chi connectivity index (χ3n) is 2.34. The third kappa shape index (κ3) is 2.50. The van der Waals surface area contributed by atoms with Gasteiger partial charge in [-0.25, -0.2) is 0 Å². The molecular weight excluding hydrogens is 272 g/mol. The molecule has 0 fully saturated rings. The maximum absolute atomic E-state index is 11.6. The van der Waals surface area contributed by atoms with Crippen molar-refractivity contribution < 1.29 is 9.90 Å². The minimum atomic E-state index is -0.558. The number of aromatic hydroxyl groups is 1. The summed E-state index contributed by atoms with van der Waals surface area (Å²) in [5.41, 5.74) is 0.339. The first kappa shape index (κ1) is 12.9. The zero-order valence-corrected chi connectivity index (χ0v) is 11.0. The van der Waals surface area contributed by atoms with E-state index in [9.17, 15) is 14.7 Å². The number of Topliss-reactive ketones (excluding diaryl/α,β-unsaturated/α-hetero) is 1. The van der Waals surface area contributed by atoms with Crippen LogP contribution in [0.2, 0.25) is 0 Å². The Morgan fingerprint density at radius 2 is 1.94 bits per heavy atom. The van der Waals surface area contributed by atoms with Crippen molar-refractivity contribution in [3.63, 3.8) is 0 Å². The first-order valence-corrected chi connectivity index (χ1v) is 5.71. The van der Waals surface area contributed by atoms with Gasteiger partial charge >= 0.3 is 0 Å². The summed E-state index contributed by atoms with van der Waals surface area (Å²) >= 11 is 3.09. The number of halogens is 1. The molecule has 0 atom stereocenters. The maximum atomic E-state index is 11.6. The molecular formula is C12H13BrO3. The summed E-state index contributed by atoms with van der Waals surface area (Å²) in [4.78, 5) is 22.9. The number of carbonyl (C=O) groups is 1. The van der Waals surface area contributed by atoms with E-state index in [1.54, 1.807) is 12.1 Å². The van der Waals surface area contributed by atoms with Crippen LogP contribution in [0, 0.1) is 0 Å². The molecule has 0 aromatic heterocycles. The van der Waals surface area contributed by atoms with E-state index < -0.39 is 11.2 Å². The summed E-state index contributed by atoms with van der Waals surface area (Å²) in [6, 6.07) is 3.20. The van der Waals surface area contributed by atoms with Crippen LogP contribution >= 0.6 is 15.9 Å². The predicted octanol–water partition coefficient (Wildman–Crippen LogP) is 2.84. The molecule has 0 amide bonds. The molecule has 0 saturated heterocycles. The van der Waals surface area contributed by atoms with Crippen molar-refractivity contribution in [2.45, 2.75) is 26.7 Å². The second-order valence-corrected chi connectivity index (χ2v) is 4.79. The standard InChI is InChI=1S/C12H13BrO3/c1-6(2)8-4-9(7(3)14)11(15)12(16)10(13)5-8/h4-6H,1-3H3,(H,15,16). The maximum Gasteiger partial charge on any atom is 0.234 e. The molecule has 0 spiro atoms. The molecule has 0 unspecified atom stereocenters. The van der Waals surface area contributed by atoms with Gasteiger partial charge in [-0.15, -0.1) is 0 Å². The average Bonchev–Trinajstić information content (AvgIpc) is 2.29. The Kier molecular flexibility index (Phi) is 3.86. The normalized spacial score (nSPS) is 10.6. The van der Waals surface area contributed by atoms with E-state index >= 15 is 0 Å². The van der Waals surface area contributed by atoms with Gasteiger partial charge in [-0.1, -0.05) is 13.8 Å². The van der Waals surface area contributed by atoms with E-state index in [0.29, 0.717) is 0 Å². The van der Waals surface area contributed by atoms with Crippen LogP contribution in [0.15, 0.2) is 21.4 Å². The minimum absolute atomic E-state index is 0.0689.